The summed E-state index contributed by atoms with van der Waals surface area (Å²) in [6.07, 6.45) is 1.13. The average Bonchev–Trinajstić information content (AvgIpc) is 2.67. The van der Waals surface area contributed by atoms with E-state index >= 15 is 0 Å². The first-order valence-electron chi connectivity index (χ1n) is 9.58. The molecule has 0 bridgehead atoms. The van der Waals surface area contributed by atoms with Crippen molar-refractivity contribution < 1.29 is 0 Å². The Morgan fingerprint density at radius 2 is 1.29 bits per heavy atom. The zero-order chi connectivity index (χ0) is 19.2. The summed E-state index contributed by atoms with van der Waals surface area (Å²) in [5.41, 5.74) is 12.0. The fourth-order valence-corrected chi connectivity index (χ4v) is 1.86. The Hall–Kier alpha value is -1.10. The molecule has 4 nitrogen and oxygen atoms in total. The molecule has 0 saturated carbocycles. The van der Waals surface area contributed by atoms with Gasteiger partial charge in [0.05, 0.1) is 0 Å². The smallest absolute Gasteiger partial charge is 0.0364 e. The summed E-state index contributed by atoms with van der Waals surface area (Å²) >= 11 is 0. The molecular weight excluding hydrogens is 296 g/mol. The van der Waals surface area contributed by atoms with Gasteiger partial charge in [0.15, 0.2) is 0 Å². The van der Waals surface area contributed by atoms with E-state index in [9.17, 15) is 0 Å². The molecule has 0 unspecified atom stereocenters. The summed E-state index contributed by atoms with van der Waals surface area (Å²) in [5, 5.41) is 0. The van der Waals surface area contributed by atoms with Crippen LogP contribution < -0.4 is 16.4 Å². The Labute approximate surface area is 152 Å². The second-order valence-electron chi connectivity index (χ2n) is 4.71. The van der Waals surface area contributed by atoms with E-state index < -0.39 is 0 Å². The Morgan fingerprint density at radius 3 is 1.67 bits per heavy atom. The molecule has 1 aromatic carbocycles. The van der Waals surface area contributed by atoms with Crippen LogP contribution in [-0.4, -0.2) is 51.2 Å². The highest BCUT2D eigenvalue weighted by Gasteiger charge is 1.95. The van der Waals surface area contributed by atoms with Gasteiger partial charge in [0.1, 0.15) is 0 Å². The maximum absolute atomic E-state index is 5.43. The molecule has 144 valence electrons. The van der Waals surface area contributed by atoms with Crippen LogP contribution in [0.15, 0.2) is 30.3 Å². The van der Waals surface area contributed by atoms with Crippen LogP contribution in [0.5, 0.6) is 0 Å². The third kappa shape index (κ3) is 17.3. The molecule has 0 saturated heterocycles. The highest BCUT2D eigenvalue weighted by molar-refractivity contribution is 5.44. The molecule has 0 aliphatic carbocycles. The predicted octanol–water partition coefficient (Wildman–Crippen LogP) is 3.81. The minimum absolute atomic E-state index is 0.700. The molecule has 24 heavy (non-hydrogen) atoms. The molecule has 0 fully saturated rings. The molecule has 4 heteroatoms. The lowest BCUT2D eigenvalue weighted by atomic mass is 10.3. The van der Waals surface area contributed by atoms with E-state index in [1.54, 1.807) is 0 Å². The van der Waals surface area contributed by atoms with Crippen molar-refractivity contribution in [1.29, 1.82) is 0 Å². The van der Waals surface area contributed by atoms with Crippen molar-refractivity contribution in [1.82, 2.24) is 4.90 Å². The first kappa shape index (κ1) is 27.7. The second-order valence-corrected chi connectivity index (χ2v) is 4.71. The maximum Gasteiger partial charge on any atom is 0.0364 e. The third-order valence-corrected chi connectivity index (χ3v) is 3.23. The quantitative estimate of drug-likeness (QED) is 0.755. The Bertz CT molecular complexity index is 300. The van der Waals surface area contributed by atoms with Crippen molar-refractivity contribution >= 4 is 5.69 Å². The van der Waals surface area contributed by atoms with Crippen molar-refractivity contribution in [2.24, 2.45) is 11.5 Å². The van der Waals surface area contributed by atoms with Crippen LogP contribution in [0.3, 0.4) is 0 Å². The minimum atomic E-state index is 0.700. The van der Waals surface area contributed by atoms with Crippen LogP contribution in [0, 0.1) is 0 Å². The normalized spacial score (nSPS) is 8.92. The van der Waals surface area contributed by atoms with Gasteiger partial charge < -0.3 is 21.3 Å². The zero-order valence-corrected chi connectivity index (χ0v) is 17.4. The summed E-state index contributed by atoms with van der Waals surface area (Å²) in [5.74, 6) is 0. The van der Waals surface area contributed by atoms with Crippen LogP contribution in [0.2, 0.25) is 0 Å². The van der Waals surface area contributed by atoms with Crippen LogP contribution in [0.4, 0.5) is 5.69 Å². The van der Waals surface area contributed by atoms with Gasteiger partial charge >= 0.3 is 0 Å². The van der Waals surface area contributed by atoms with E-state index in [0.29, 0.717) is 6.54 Å². The minimum Gasteiger partial charge on any atom is -0.373 e. The van der Waals surface area contributed by atoms with Crippen molar-refractivity contribution in [3.63, 3.8) is 0 Å². The highest BCUT2D eigenvalue weighted by atomic mass is 15.1. The number of likely N-dealkylation sites (N-methyl/N-ethyl adjacent to an activating group) is 1. The summed E-state index contributed by atoms with van der Waals surface area (Å²) in [6, 6.07) is 10.2. The van der Waals surface area contributed by atoms with Crippen LogP contribution in [0.25, 0.3) is 0 Å². The number of hydrogen-bond acceptors (Lipinski definition) is 4. The number of hydrogen-bond donors (Lipinski definition) is 2. The van der Waals surface area contributed by atoms with Gasteiger partial charge in [0, 0.05) is 25.8 Å². The van der Waals surface area contributed by atoms with Crippen molar-refractivity contribution in [2.45, 2.75) is 48.0 Å². The van der Waals surface area contributed by atoms with E-state index in [4.69, 9.17) is 11.5 Å². The summed E-state index contributed by atoms with van der Waals surface area (Å²) in [6.45, 7) is 18.2. The Balaban J connectivity index is -0.000000309. The molecule has 0 amide bonds. The van der Waals surface area contributed by atoms with Crippen molar-refractivity contribution in [3.05, 3.63) is 30.3 Å². The van der Waals surface area contributed by atoms with E-state index in [1.165, 1.54) is 5.69 Å². The molecule has 1 rings (SSSR count). The summed E-state index contributed by atoms with van der Waals surface area (Å²) in [4.78, 5) is 4.52. The predicted molar refractivity (Wildman–Crippen MR) is 113 cm³/mol. The lowest BCUT2D eigenvalue weighted by Crippen LogP contribution is -2.25. The van der Waals surface area contributed by atoms with E-state index in [-0.39, 0.29) is 0 Å². The van der Waals surface area contributed by atoms with Crippen LogP contribution in [-0.2, 0) is 0 Å². The van der Waals surface area contributed by atoms with Gasteiger partial charge in [-0.25, -0.2) is 0 Å². The Kier molecular flexibility index (Phi) is 27.9. The number of rotatable bonds is 8. The number of anilines is 1. The molecule has 0 aliphatic rings. The van der Waals surface area contributed by atoms with E-state index in [2.05, 4.69) is 35.8 Å². The molecule has 0 aromatic heterocycles. The molecule has 4 N–H and O–H groups in total. The largest absolute Gasteiger partial charge is 0.373 e. The molecule has 0 aliphatic heterocycles. The van der Waals surface area contributed by atoms with Gasteiger partial charge in [-0.1, -0.05) is 59.7 Å². The molecule has 1 aromatic rings. The lowest BCUT2D eigenvalue weighted by Gasteiger charge is -2.17. The molecule has 0 spiro atoms. The number of benzene rings is 1. The first-order valence-corrected chi connectivity index (χ1v) is 9.58. The molecule has 0 heterocycles. The maximum atomic E-state index is 5.43. The van der Waals surface area contributed by atoms with Gasteiger partial charge in [-0.05, 0) is 44.7 Å². The molecule has 0 atom stereocenters. The van der Waals surface area contributed by atoms with Gasteiger partial charge in [0.2, 0.25) is 0 Å². The molecular formula is C20H44N4. The highest BCUT2D eigenvalue weighted by Crippen LogP contribution is 2.09. The van der Waals surface area contributed by atoms with Gasteiger partial charge in [-0.15, -0.1) is 0 Å². The standard InChI is InChI=1S/C9H14N2.C7H18N2.2C2H6/c1-11(8-7-10)9-5-3-2-4-6-9;1-3-9(4-2)7-5-6-8;2*1-2/h2-6H,7-8,10H2,1H3;3-8H2,1-2H3;2*1-2H3. The van der Waals surface area contributed by atoms with E-state index in [0.717, 1.165) is 39.1 Å². The van der Waals surface area contributed by atoms with Crippen LogP contribution >= 0.6 is 0 Å². The zero-order valence-electron chi connectivity index (χ0n) is 17.4. The first-order chi connectivity index (χ1) is 11.7. The van der Waals surface area contributed by atoms with Crippen LogP contribution in [0.1, 0.15) is 48.0 Å². The number of nitrogens with zero attached hydrogens (tertiary/aromatic N) is 2. The van der Waals surface area contributed by atoms with Crippen molar-refractivity contribution in [3.8, 4) is 0 Å². The van der Waals surface area contributed by atoms with E-state index in [1.807, 2.05) is 52.9 Å². The topological polar surface area (TPSA) is 58.5 Å². The number of nitrogens with two attached hydrogens (primary N) is 2. The Morgan fingerprint density at radius 1 is 0.792 bits per heavy atom. The van der Waals surface area contributed by atoms with Crippen molar-refractivity contribution in [2.75, 3.05) is 51.2 Å². The fourth-order valence-electron chi connectivity index (χ4n) is 1.86. The third-order valence-electron chi connectivity index (χ3n) is 3.23. The summed E-state index contributed by atoms with van der Waals surface area (Å²) < 4.78 is 0. The number of para-hydroxylation sites is 1. The van der Waals surface area contributed by atoms with Gasteiger partial charge in [0.25, 0.3) is 0 Å². The van der Waals surface area contributed by atoms with Gasteiger partial charge in [-0.2, -0.15) is 0 Å². The second kappa shape index (κ2) is 24.2. The molecule has 0 radical (unpaired) electrons. The lowest BCUT2D eigenvalue weighted by molar-refractivity contribution is 0.302. The van der Waals surface area contributed by atoms with Gasteiger partial charge in [-0.3, -0.25) is 0 Å². The fraction of sp³-hybridized carbons (Fsp3) is 0.700. The monoisotopic (exact) mass is 340 g/mol. The SMILES string of the molecule is CC.CC.CCN(CC)CCCN.CN(CCN)c1ccccc1. The summed E-state index contributed by atoms with van der Waals surface area (Å²) in [7, 11) is 2.04. The average molecular weight is 341 g/mol.